The highest BCUT2D eigenvalue weighted by Gasteiger charge is 2.19. The molecule has 3 rings (SSSR count). The third-order valence-corrected chi connectivity index (χ3v) is 4.70. The summed E-state index contributed by atoms with van der Waals surface area (Å²) in [5, 5.41) is 5.73. The number of hydrogen-bond acceptors (Lipinski definition) is 4. The molecule has 2 atom stereocenters. The number of carbonyl (C=O) groups excluding carboxylic acids is 2. The quantitative estimate of drug-likeness (QED) is 0.551. The van der Waals surface area contributed by atoms with Crippen molar-refractivity contribution in [3.8, 4) is 11.5 Å². The average Bonchev–Trinajstić information content (AvgIpc) is 2.77. The molecule has 0 heterocycles. The molecule has 2 N–H and O–H groups in total. The summed E-state index contributed by atoms with van der Waals surface area (Å²) in [6.45, 7) is 5.20. The number of nitrogens with one attached hydrogen (secondary N) is 2. The zero-order valence-corrected chi connectivity index (χ0v) is 17.8. The molecule has 6 nitrogen and oxygen atoms in total. The maximum atomic E-state index is 12.6. The number of amides is 2. The van der Waals surface area contributed by atoms with Crippen molar-refractivity contribution in [1.29, 1.82) is 0 Å². The van der Waals surface area contributed by atoms with E-state index in [1.54, 1.807) is 56.3 Å². The smallest absolute Gasteiger partial charge is 0.265 e. The highest BCUT2D eigenvalue weighted by atomic mass is 16.5. The average molecular weight is 418 g/mol. The normalized spacial score (nSPS) is 12.4. The highest BCUT2D eigenvalue weighted by molar-refractivity contribution is 5.98. The minimum Gasteiger partial charge on any atom is -0.481 e. The largest absolute Gasteiger partial charge is 0.481 e. The lowest BCUT2D eigenvalue weighted by Crippen LogP contribution is -2.31. The van der Waals surface area contributed by atoms with Crippen molar-refractivity contribution in [2.75, 3.05) is 10.6 Å². The summed E-state index contributed by atoms with van der Waals surface area (Å²) in [7, 11) is 0. The Morgan fingerprint density at radius 3 is 1.42 bits per heavy atom. The molecule has 3 aromatic carbocycles. The molecule has 0 aliphatic heterocycles. The van der Waals surface area contributed by atoms with Crippen LogP contribution in [0.2, 0.25) is 0 Å². The molecule has 0 aliphatic carbocycles. The van der Waals surface area contributed by atoms with E-state index in [2.05, 4.69) is 10.6 Å². The molecule has 3 aromatic rings. The van der Waals surface area contributed by atoms with Crippen LogP contribution in [0.5, 0.6) is 11.5 Å². The third kappa shape index (κ3) is 6.09. The van der Waals surface area contributed by atoms with Crippen molar-refractivity contribution in [2.45, 2.75) is 33.0 Å². The van der Waals surface area contributed by atoms with E-state index in [1.165, 1.54) is 0 Å². The van der Waals surface area contributed by atoms with Gasteiger partial charge in [0.2, 0.25) is 0 Å². The Hall–Kier alpha value is -3.80. The zero-order valence-electron chi connectivity index (χ0n) is 17.8. The molecule has 0 unspecified atom stereocenters. The van der Waals surface area contributed by atoms with E-state index in [0.29, 0.717) is 22.9 Å². The van der Waals surface area contributed by atoms with Crippen LogP contribution >= 0.6 is 0 Å². The van der Waals surface area contributed by atoms with Crippen molar-refractivity contribution in [2.24, 2.45) is 0 Å². The van der Waals surface area contributed by atoms with Crippen LogP contribution in [0.3, 0.4) is 0 Å². The second-order valence-electron chi connectivity index (χ2n) is 7.10. The van der Waals surface area contributed by atoms with Gasteiger partial charge in [-0.15, -0.1) is 0 Å². The number of rotatable bonds is 8. The lowest BCUT2D eigenvalue weighted by molar-refractivity contribution is -0.122. The Kier molecular flexibility index (Phi) is 7.27. The molecule has 0 aromatic heterocycles. The molecule has 0 bridgehead atoms. The van der Waals surface area contributed by atoms with Crippen LogP contribution < -0.4 is 20.1 Å². The van der Waals surface area contributed by atoms with Crippen LogP contribution in [0, 0.1) is 6.92 Å². The van der Waals surface area contributed by atoms with E-state index in [1.807, 2.05) is 43.3 Å². The number of para-hydroxylation sites is 2. The number of benzene rings is 3. The summed E-state index contributed by atoms with van der Waals surface area (Å²) in [5.74, 6) is 0.679. The van der Waals surface area contributed by atoms with Gasteiger partial charge in [-0.05, 0) is 62.7 Å². The summed E-state index contributed by atoms with van der Waals surface area (Å²) in [4.78, 5) is 25.1. The van der Waals surface area contributed by atoms with Gasteiger partial charge in [-0.2, -0.15) is 0 Å². The van der Waals surface area contributed by atoms with Gasteiger partial charge in [0, 0.05) is 11.4 Å². The van der Waals surface area contributed by atoms with Gasteiger partial charge in [-0.25, -0.2) is 0 Å². The van der Waals surface area contributed by atoms with Gasteiger partial charge < -0.3 is 20.1 Å². The van der Waals surface area contributed by atoms with E-state index >= 15 is 0 Å². The van der Waals surface area contributed by atoms with E-state index in [0.717, 1.165) is 5.56 Å². The fourth-order valence-electron chi connectivity index (χ4n) is 2.89. The van der Waals surface area contributed by atoms with Crippen molar-refractivity contribution < 1.29 is 19.1 Å². The van der Waals surface area contributed by atoms with Crippen molar-refractivity contribution in [3.63, 3.8) is 0 Å². The second-order valence-corrected chi connectivity index (χ2v) is 7.10. The molecule has 0 saturated carbocycles. The van der Waals surface area contributed by atoms with Crippen LogP contribution in [-0.2, 0) is 9.59 Å². The number of hydrogen-bond donors (Lipinski definition) is 2. The molecule has 0 spiro atoms. The Morgan fingerprint density at radius 1 is 0.645 bits per heavy atom. The molecular weight excluding hydrogens is 392 g/mol. The maximum absolute atomic E-state index is 12.6. The standard InChI is InChI=1S/C25H26N2O4/c1-17-22(26-24(28)18(2)30-20-11-6-4-7-12-20)15-10-16-23(17)27-25(29)19(3)31-21-13-8-5-9-14-21/h4-16,18-19H,1-3H3,(H,26,28)(H,27,29)/t18-,19-/m1/s1. The maximum Gasteiger partial charge on any atom is 0.265 e. The Morgan fingerprint density at radius 2 is 1.03 bits per heavy atom. The Balaban J connectivity index is 1.62. The number of anilines is 2. The minimum atomic E-state index is -0.681. The SMILES string of the molecule is Cc1c(NC(=O)[C@@H](C)Oc2ccccc2)cccc1NC(=O)[C@@H](C)Oc1ccccc1. The monoisotopic (exact) mass is 418 g/mol. The molecule has 6 heteroatoms. The highest BCUT2D eigenvalue weighted by Crippen LogP contribution is 2.24. The lowest BCUT2D eigenvalue weighted by atomic mass is 10.1. The van der Waals surface area contributed by atoms with Gasteiger partial charge in [-0.3, -0.25) is 9.59 Å². The molecule has 0 radical (unpaired) electrons. The summed E-state index contributed by atoms with van der Waals surface area (Å²) < 4.78 is 11.3. The van der Waals surface area contributed by atoms with E-state index < -0.39 is 12.2 Å². The Bertz CT molecular complexity index is 942. The molecule has 2 amide bonds. The zero-order chi connectivity index (χ0) is 22.2. The predicted molar refractivity (Wildman–Crippen MR) is 122 cm³/mol. The molecular formula is C25H26N2O4. The Labute approximate surface area is 182 Å². The van der Waals surface area contributed by atoms with Gasteiger partial charge >= 0.3 is 0 Å². The minimum absolute atomic E-state index is 0.281. The van der Waals surface area contributed by atoms with E-state index in [-0.39, 0.29) is 11.8 Å². The predicted octanol–water partition coefficient (Wildman–Crippen LogP) is 4.81. The molecule has 0 aliphatic rings. The van der Waals surface area contributed by atoms with Crippen LogP contribution in [0.4, 0.5) is 11.4 Å². The van der Waals surface area contributed by atoms with Crippen molar-refractivity contribution in [1.82, 2.24) is 0 Å². The summed E-state index contributed by atoms with van der Waals surface area (Å²) in [6, 6.07) is 23.7. The van der Waals surface area contributed by atoms with Gasteiger partial charge in [-0.1, -0.05) is 42.5 Å². The second kappa shape index (κ2) is 10.3. The third-order valence-electron chi connectivity index (χ3n) is 4.70. The van der Waals surface area contributed by atoms with Gasteiger partial charge in [0.05, 0.1) is 0 Å². The summed E-state index contributed by atoms with van der Waals surface area (Å²) >= 11 is 0. The fourth-order valence-corrected chi connectivity index (χ4v) is 2.89. The van der Waals surface area contributed by atoms with E-state index in [4.69, 9.17) is 9.47 Å². The van der Waals surface area contributed by atoms with Crippen LogP contribution in [0.15, 0.2) is 78.9 Å². The van der Waals surface area contributed by atoms with Gasteiger partial charge in [0.25, 0.3) is 11.8 Å². The van der Waals surface area contributed by atoms with E-state index in [9.17, 15) is 9.59 Å². The lowest BCUT2D eigenvalue weighted by Gasteiger charge is -2.18. The topological polar surface area (TPSA) is 76.7 Å². The molecule has 160 valence electrons. The molecule has 0 saturated heterocycles. The first kappa shape index (κ1) is 21.9. The van der Waals surface area contributed by atoms with Crippen LogP contribution in [0.25, 0.3) is 0 Å². The first-order chi connectivity index (χ1) is 14.9. The van der Waals surface area contributed by atoms with Crippen molar-refractivity contribution in [3.05, 3.63) is 84.4 Å². The molecule has 0 fully saturated rings. The number of ether oxygens (including phenoxy) is 2. The van der Waals surface area contributed by atoms with Crippen LogP contribution in [-0.4, -0.2) is 24.0 Å². The first-order valence-corrected chi connectivity index (χ1v) is 10.1. The number of carbonyl (C=O) groups is 2. The first-order valence-electron chi connectivity index (χ1n) is 10.1. The summed E-state index contributed by atoms with van der Waals surface area (Å²) in [6.07, 6.45) is -1.36. The fraction of sp³-hybridized carbons (Fsp3) is 0.200. The van der Waals surface area contributed by atoms with Gasteiger partial charge in [0.1, 0.15) is 11.5 Å². The summed E-state index contributed by atoms with van der Waals surface area (Å²) in [5.41, 5.74) is 1.94. The van der Waals surface area contributed by atoms with Gasteiger partial charge in [0.15, 0.2) is 12.2 Å². The van der Waals surface area contributed by atoms with Crippen molar-refractivity contribution >= 4 is 23.2 Å². The van der Waals surface area contributed by atoms with Crippen LogP contribution in [0.1, 0.15) is 19.4 Å². The molecule has 31 heavy (non-hydrogen) atoms.